The van der Waals surface area contributed by atoms with Gasteiger partial charge < -0.3 is 19.3 Å². The second-order valence-electron chi connectivity index (χ2n) is 7.03. The number of nitrogens with zero attached hydrogens (tertiary/aromatic N) is 3. The number of hydrogen-bond acceptors (Lipinski definition) is 6. The lowest BCUT2D eigenvalue weighted by molar-refractivity contribution is -0.133. The third-order valence-electron chi connectivity index (χ3n) is 5.15. The maximum atomic E-state index is 13.5. The van der Waals surface area contributed by atoms with Gasteiger partial charge in [-0.2, -0.15) is 0 Å². The number of rotatable bonds is 8. The number of carbonyl (C=O) groups is 2. The molecule has 1 fully saturated rings. The van der Waals surface area contributed by atoms with Gasteiger partial charge in [-0.25, -0.2) is 12.8 Å². The van der Waals surface area contributed by atoms with Crippen LogP contribution in [-0.2, 0) is 19.6 Å². The van der Waals surface area contributed by atoms with Crippen molar-refractivity contribution in [3.63, 3.8) is 0 Å². The molecule has 1 aliphatic rings. The van der Waals surface area contributed by atoms with Crippen LogP contribution in [0.2, 0.25) is 0 Å². The van der Waals surface area contributed by atoms with Crippen LogP contribution in [0.5, 0.6) is 11.5 Å². The van der Waals surface area contributed by atoms with Crippen molar-refractivity contribution in [2.75, 3.05) is 51.2 Å². The number of halogens is 1. The maximum Gasteiger partial charge on any atom is 0.264 e. The molecule has 0 unspecified atom stereocenters. The SMILES string of the molecule is COc1ccc(S(=O)(=O)N(CC(=O)N2CCN(C=O)CC2)c2ccc(F)cc2)cc1OC. The summed E-state index contributed by atoms with van der Waals surface area (Å²) in [5.74, 6) is -0.398. The van der Waals surface area contributed by atoms with Crippen LogP contribution in [0.4, 0.5) is 10.1 Å². The zero-order chi connectivity index (χ0) is 23.3. The Morgan fingerprint density at radius 2 is 1.66 bits per heavy atom. The first kappa shape index (κ1) is 23.3. The zero-order valence-electron chi connectivity index (χ0n) is 17.7. The molecule has 3 rings (SSSR count). The predicted octanol–water partition coefficient (Wildman–Crippen LogP) is 1.34. The number of sulfonamides is 1. The van der Waals surface area contributed by atoms with E-state index in [1.54, 1.807) is 4.90 Å². The molecule has 0 bridgehead atoms. The van der Waals surface area contributed by atoms with Crippen molar-refractivity contribution in [2.45, 2.75) is 4.90 Å². The fourth-order valence-corrected chi connectivity index (χ4v) is 4.76. The van der Waals surface area contributed by atoms with E-state index in [-0.39, 0.29) is 16.3 Å². The lowest BCUT2D eigenvalue weighted by atomic mass is 10.3. The Bertz CT molecular complexity index is 1070. The van der Waals surface area contributed by atoms with Crippen molar-refractivity contribution < 1.29 is 31.9 Å². The fraction of sp³-hybridized carbons (Fsp3) is 0.333. The minimum atomic E-state index is -4.21. The molecule has 0 aliphatic carbocycles. The van der Waals surface area contributed by atoms with Crippen LogP contribution in [0.25, 0.3) is 0 Å². The quantitative estimate of drug-likeness (QED) is 0.546. The van der Waals surface area contributed by atoms with E-state index in [9.17, 15) is 22.4 Å². The van der Waals surface area contributed by atoms with Crippen LogP contribution in [0.1, 0.15) is 0 Å². The molecule has 0 saturated carbocycles. The third-order valence-corrected chi connectivity index (χ3v) is 6.92. The van der Waals surface area contributed by atoms with Gasteiger partial charge in [-0.3, -0.25) is 13.9 Å². The largest absolute Gasteiger partial charge is 0.493 e. The van der Waals surface area contributed by atoms with Crippen LogP contribution >= 0.6 is 0 Å². The number of ether oxygens (including phenoxy) is 2. The Kier molecular flexibility index (Phi) is 7.18. The molecule has 0 atom stereocenters. The maximum absolute atomic E-state index is 13.5. The Balaban J connectivity index is 1.95. The number of amides is 2. The van der Waals surface area contributed by atoms with Gasteiger partial charge in [-0.05, 0) is 36.4 Å². The summed E-state index contributed by atoms with van der Waals surface area (Å²) in [5.41, 5.74) is 0.140. The minimum Gasteiger partial charge on any atom is -0.493 e. The number of hydrogen-bond donors (Lipinski definition) is 0. The van der Waals surface area contributed by atoms with Gasteiger partial charge in [0.2, 0.25) is 12.3 Å². The van der Waals surface area contributed by atoms with Crippen LogP contribution in [0.3, 0.4) is 0 Å². The summed E-state index contributed by atoms with van der Waals surface area (Å²) in [7, 11) is -1.40. The smallest absolute Gasteiger partial charge is 0.264 e. The van der Waals surface area contributed by atoms with E-state index in [2.05, 4.69) is 0 Å². The molecule has 32 heavy (non-hydrogen) atoms. The number of anilines is 1. The Hall–Kier alpha value is -3.34. The number of piperazine rings is 1. The summed E-state index contributed by atoms with van der Waals surface area (Å²) in [6.07, 6.45) is 0.716. The highest BCUT2D eigenvalue weighted by Crippen LogP contribution is 2.32. The summed E-state index contributed by atoms with van der Waals surface area (Å²) in [6.45, 7) is 0.850. The van der Waals surface area contributed by atoms with Gasteiger partial charge in [0.25, 0.3) is 10.0 Å². The zero-order valence-corrected chi connectivity index (χ0v) is 18.5. The molecule has 1 aliphatic heterocycles. The average Bonchev–Trinajstić information content (AvgIpc) is 2.82. The van der Waals surface area contributed by atoms with Crippen LogP contribution < -0.4 is 13.8 Å². The highest BCUT2D eigenvalue weighted by atomic mass is 32.2. The summed E-state index contributed by atoms with van der Waals surface area (Å²) in [5, 5.41) is 0. The molecule has 0 spiro atoms. The summed E-state index contributed by atoms with van der Waals surface area (Å²) >= 11 is 0. The van der Waals surface area contributed by atoms with Crippen LogP contribution in [-0.4, -0.2) is 77.5 Å². The Morgan fingerprint density at radius 1 is 1.03 bits per heavy atom. The summed E-state index contributed by atoms with van der Waals surface area (Å²) < 4.78 is 51.8. The monoisotopic (exact) mass is 465 g/mol. The third kappa shape index (κ3) is 4.93. The summed E-state index contributed by atoms with van der Waals surface area (Å²) in [4.78, 5) is 26.8. The number of benzene rings is 2. The Labute approximate surface area is 186 Å². The molecule has 1 saturated heterocycles. The number of methoxy groups -OCH3 is 2. The van der Waals surface area contributed by atoms with Crippen molar-refractivity contribution in [3.8, 4) is 11.5 Å². The fourth-order valence-electron chi connectivity index (χ4n) is 3.33. The first-order chi connectivity index (χ1) is 15.3. The van der Waals surface area contributed by atoms with Gasteiger partial charge in [-0.15, -0.1) is 0 Å². The van der Waals surface area contributed by atoms with E-state index in [4.69, 9.17) is 9.47 Å². The van der Waals surface area contributed by atoms with Crippen LogP contribution in [0, 0.1) is 5.82 Å². The first-order valence-corrected chi connectivity index (χ1v) is 11.2. The van der Waals surface area contributed by atoms with Gasteiger partial charge in [-0.1, -0.05) is 0 Å². The van der Waals surface area contributed by atoms with Crippen molar-refractivity contribution in [3.05, 3.63) is 48.3 Å². The van der Waals surface area contributed by atoms with E-state index in [0.29, 0.717) is 38.3 Å². The normalized spacial score (nSPS) is 14.1. The highest BCUT2D eigenvalue weighted by molar-refractivity contribution is 7.92. The second-order valence-corrected chi connectivity index (χ2v) is 8.89. The molecule has 9 nitrogen and oxygen atoms in total. The Morgan fingerprint density at radius 3 is 2.22 bits per heavy atom. The molecular formula is C21H24FN3O6S. The van der Waals surface area contributed by atoms with E-state index < -0.39 is 28.3 Å². The van der Waals surface area contributed by atoms with Gasteiger partial charge in [0, 0.05) is 32.2 Å². The van der Waals surface area contributed by atoms with Crippen molar-refractivity contribution >= 4 is 28.0 Å². The predicted molar refractivity (Wildman–Crippen MR) is 115 cm³/mol. The van der Waals surface area contributed by atoms with E-state index in [0.717, 1.165) is 16.4 Å². The molecule has 0 radical (unpaired) electrons. The van der Waals surface area contributed by atoms with Gasteiger partial charge in [0.15, 0.2) is 11.5 Å². The van der Waals surface area contributed by atoms with Crippen LogP contribution in [0.15, 0.2) is 47.4 Å². The molecule has 11 heteroatoms. The second kappa shape index (κ2) is 9.86. The van der Waals surface area contributed by atoms with Crippen molar-refractivity contribution in [1.82, 2.24) is 9.80 Å². The standard InChI is InChI=1S/C21H24FN3O6S/c1-30-19-8-7-18(13-20(19)31-2)32(28,29)25(17-5-3-16(22)4-6-17)14-21(27)24-11-9-23(15-26)10-12-24/h3-8,13,15H,9-12,14H2,1-2H3. The lowest BCUT2D eigenvalue weighted by Crippen LogP contribution is -2.51. The lowest BCUT2D eigenvalue weighted by Gasteiger charge is -2.34. The molecule has 1 heterocycles. The van der Waals surface area contributed by atoms with E-state index >= 15 is 0 Å². The minimum absolute atomic E-state index is 0.113. The van der Waals surface area contributed by atoms with Crippen molar-refractivity contribution in [2.24, 2.45) is 0 Å². The average molecular weight is 466 g/mol. The molecule has 0 aromatic heterocycles. The molecule has 0 N–H and O–H groups in total. The molecule has 2 aromatic carbocycles. The van der Waals surface area contributed by atoms with Gasteiger partial charge in [0.1, 0.15) is 12.4 Å². The van der Waals surface area contributed by atoms with Gasteiger partial charge >= 0.3 is 0 Å². The summed E-state index contributed by atoms with van der Waals surface area (Å²) in [6, 6.07) is 8.95. The topological polar surface area (TPSA) is 96.5 Å². The van der Waals surface area contributed by atoms with Gasteiger partial charge in [0.05, 0.1) is 24.8 Å². The molecular weight excluding hydrogens is 441 g/mol. The highest BCUT2D eigenvalue weighted by Gasteiger charge is 2.31. The van der Waals surface area contributed by atoms with E-state index in [1.807, 2.05) is 0 Å². The van der Waals surface area contributed by atoms with E-state index in [1.165, 1.54) is 49.5 Å². The molecule has 172 valence electrons. The molecule has 2 aromatic rings. The first-order valence-electron chi connectivity index (χ1n) is 9.77. The van der Waals surface area contributed by atoms with Crippen molar-refractivity contribution in [1.29, 1.82) is 0 Å². The molecule has 2 amide bonds. The number of carbonyl (C=O) groups excluding carboxylic acids is 2.